The normalized spacial score (nSPS) is 27.8. The minimum absolute atomic E-state index is 0.0664. The molecule has 148 valence electrons. The summed E-state index contributed by atoms with van der Waals surface area (Å²) in [6, 6.07) is 6.35. The number of benzene rings is 1. The molecule has 0 bridgehead atoms. The minimum Gasteiger partial charge on any atom is -0.206 e. The van der Waals surface area contributed by atoms with E-state index in [9.17, 15) is 4.39 Å². The van der Waals surface area contributed by atoms with Crippen LogP contribution in [0.5, 0.6) is 0 Å². The van der Waals surface area contributed by atoms with Crippen molar-refractivity contribution in [1.82, 2.24) is 0 Å². The standard InChI is InChI=1S/C26H32FN/c1-2-5-20-8-13-23(14-9-20)24-15-10-21(11-16-24)6-3-4-7-22-12-17-25(19-28)26(27)18-22/h3,6,12,17-18,20-21,23-24H,2,5,8-11,13-16H2,1H3/b6-3+/t20-,21?,23-,24?. The van der Waals surface area contributed by atoms with Gasteiger partial charge < -0.3 is 0 Å². The van der Waals surface area contributed by atoms with Crippen LogP contribution in [0.1, 0.15) is 82.3 Å². The number of rotatable bonds is 4. The Morgan fingerprint density at radius 2 is 1.71 bits per heavy atom. The molecule has 2 aliphatic rings. The zero-order chi connectivity index (χ0) is 19.8. The van der Waals surface area contributed by atoms with Crippen LogP contribution in [0.25, 0.3) is 0 Å². The second-order valence-electron chi connectivity index (χ2n) is 8.68. The van der Waals surface area contributed by atoms with Crippen LogP contribution >= 0.6 is 0 Å². The monoisotopic (exact) mass is 377 g/mol. The third-order valence-electron chi connectivity index (χ3n) is 6.83. The Balaban J connectivity index is 1.42. The van der Waals surface area contributed by atoms with Gasteiger partial charge in [0.15, 0.2) is 0 Å². The molecule has 2 aliphatic carbocycles. The summed E-state index contributed by atoms with van der Waals surface area (Å²) in [6.07, 6.45) is 18.1. The molecule has 2 saturated carbocycles. The highest BCUT2D eigenvalue weighted by molar-refractivity contribution is 5.42. The van der Waals surface area contributed by atoms with E-state index in [0.29, 0.717) is 11.5 Å². The molecule has 2 fully saturated rings. The van der Waals surface area contributed by atoms with Gasteiger partial charge in [-0.15, -0.1) is 0 Å². The molecule has 0 unspecified atom stereocenters. The van der Waals surface area contributed by atoms with E-state index in [4.69, 9.17) is 5.26 Å². The van der Waals surface area contributed by atoms with Crippen LogP contribution in [0.3, 0.4) is 0 Å². The topological polar surface area (TPSA) is 23.8 Å². The van der Waals surface area contributed by atoms with Crippen LogP contribution < -0.4 is 0 Å². The van der Waals surface area contributed by atoms with Crippen molar-refractivity contribution in [2.24, 2.45) is 23.7 Å². The third kappa shape index (κ3) is 5.72. The average molecular weight is 378 g/mol. The first-order valence-corrected chi connectivity index (χ1v) is 11.1. The van der Waals surface area contributed by atoms with E-state index < -0.39 is 5.82 Å². The van der Waals surface area contributed by atoms with Crippen LogP contribution in [0, 0.1) is 52.7 Å². The van der Waals surface area contributed by atoms with Gasteiger partial charge in [0.25, 0.3) is 0 Å². The van der Waals surface area contributed by atoms with Crippen LogP contribution in [0.15, 0.2) is 30.4 Å². The van der Waals surface area contributed by atoms with Gasteiger partial charge in [-0.2, -0.15) is 5.26 Å². The second kappa shape index (κ2) is 10.5. The van der Waals surface area contributed by atoms with Crippen molar-refractivity contribution in [3.8, 4) is 17.9 Å². The lowest BCUT2D eigenvalue weighted by Crippen LogP contribution is -2.25. The largest absolute Gasteiger partial charge is 0.206 e. The first-order chi connectivity index (χ1) is 13.7. The summed E-state index contributed by atoms with van der Waals surface area (Å²) in [5, 5.41) is 8.77. The molecule has 0 amide bonds. The fourth-order valence-corrected chi connectivity index (χ4v) is 5.16. The number of hydrogen-bond acceptors (Lipinski definition) is 1. The number of hydrogen-bond donors (Lipinski definition) is 0. The molecule has 0 spiro atoms. The molecular weight excluding hydrogens is 345 g/mol. The van der Waals surface area contributed by atoms with Gasteiger partial charge in [-0.3, -0.25) is 0 Å². The number of allylic oxidation sites excluding steroid dienone is 2. The Bertz CT molecular complexity index is 760. The maximum Gasteiger partial charge on any atom is 0.142 e. The molecule has 28 heavy (non-hydrogen) atoms. The zero-order valence-corrected chi connectivity index (χ0v) is 17.1. The van der Waals surface area contributed by atoms with Gasteiger partial charge in [0.1, 0.15) is 11.9 Å². The van der Waals surface area contributed by atoms with Gasteiger partial charge >= 0.3 is 0 Å². The molecule has 2 heteroatoms. The van der Waals surface area contributed by atoms with E-state index in [2.05, 4.69) is 24.8 Å². The van der Waals surface area contributed by atoms with Crippen molar-refractivity contribution in [3.63, 3.8) is 0 Å². The summed E-state index contributed by atoms with van der Waals surface area (Å²) in [5.41, 5.74) is 0.681. The summed E-state index contributed by atoms with van der Waals surface area (Å²) >= 11 is 0. The van der Waals surface area contributed by atoms with Crippen LogP contribution in [0.2, 0.25) is 0 Å². The molecule has 1 nitrogen and oxygen atoms in total. The first kappa shape index (κ1) is 20.7. The molecule has 3 rings (SSSR count). The molecular formula is C26H32FN. The van der Waals surface area contributed by atoms with Gasteiger partial charge in [0.05, 0.1) is 5.56 Å². The molecule has 1 aromatic rings. The van der Waals surface area contributed by atoms with Gasteiger partial charge in [0.2, 0.25) is 0 Å². The Hall–Kier alpha value is -2.06. The number of nitriles is 1. The van der Waals surface area contributed by atoms with E-state index in [1.807, 2.05) is 12.1 Å². The van der Waals surface area contributed by atoms with E-state index in [1.54, 1.807) is 6.07 Å². The summed E-state index contributed by atoms with van der Waals surface area (Å²) < 4.78 is 13.6. The van der Waals surface area contributed by atoms with Gasteiger partial charge in [-0.1, -0.05) is 50.5 Å². The lowest BCUT2D eigenvalue weighted by Gasteiger charge is -2.37. The van der Waals surface area contributed by atoms with Gasteiger partial charge in [-0.05, 0) is 86.5 Å². The van der Waals surface area contributed by atoms with Crippen LogP contribution in [0.4, 0.5) is 4.39 Å². The fourth-order valence-electron chi connectivity index (χ4n) is 5.16. The molecule has 0 radical (unpaired) electrons. The summed E-state index contributed by atoms with van der Waals surface area (Å²) in [6.45, 7) is 2.31. The molecule has 0 atom stereocenters. The van der Waals surface area contributed by atoms with E-state index >= 15 is 0 Å². The lowest BCUT2D eigenvalue weighted by atomic mass is 9.69. The van der Waals surface area contributed by atoms with Crippen molar-refractivity contribution < 1.29 is 4.39 Å². The highest BCUT2D eigenvalue weighted by Gasteiger charge is 2.29. The SMILES string of the molecule is CCC[C@H]1CC[C@H](C2CCC(/C=C/C#Cc3ccc(C#N)c(F)c3)CC2)CC1. The first-order valence-electron chi connectivity index (χ1n) is 11.1. The van der Waals surface area contributed by atoms with Crippen molar-refractivity contribution in [1.29, 1.82) is 5.26 Å². The molecule has 0 heterocycles. The van der Waals surface area contributed by atoms with Crippen molar-refractivity contribution in [3.05, 3.63) is 47.3 Å². The Morgan fingerprint density at radius 3 is 2.32 bits per heavy atom. The molecule has 0 aromatic heterocycles. The fraction of sp³-hybridized carbons (Fsp3) is 0.577. The highest BCUT2D eigenvalue weighted by atomic mass is 19.1. The predicted octanol–water partition coefficient (Wildman–Crippen LogP) is 7.02. The average Bonchev–Trinajstić information content (AvgIpc) is 2.73. The maximum absolute atomic E-state index is 13.6. The zero-order valence-electron chi connectivity index (χ0n) is 17.1. The minimum atomic E-state index is -0.500. The van der Waals surface area contributed by atoms with Crippen LogP contribution in [-0.4, -0.2) is 0 Å². The Labute approximate surface area is 170 Å². The molecule has 0 aliphatic heterocycles. The Kier molecular flexibility index (Phi) is 7.73. The van der Waals surface area contributed by atoms with Crippen molar-refractivity contribution in [2.45, 2.75) is 71.1 Å². The molecule has 1 aromatic carbocycles. The third-order valence-corrected chi connectivity index (χ3v) is 6.83. The van der Waals surface area contributed by atoms with Crippen LogP contribution in [-0.2, 0) is 0 Å². The van der Waals surface area contributed by atoms with Crippen molar-refractivity contribution in [2.75, 3.05) is 0 Å². The highest BCUT2D eigenvalue weighted by Crippen LogP contribution is 2.42. The maximum atomic E-state index is 13.6. The van der Waals surface area contributed by atoms with E-state index in [0.717, 1.165) is 17.8 Å². The molecule has 0 saturated heterocycles. The Morgan fingerprint density at radius 1 is 1.04 bits per heavy atom. The number of nitrogens with zero attached hydrogens (tertiary/aromatic N) is 1. The van der Waals surface area contributed by atoms with E-state index in [1.165, 1.54) is 76.3 Å². The predicted molar refractivity (Wildman–Crippen MR) is 113 cm³/mol. The smallest absolute Gasteiger partial charge is 0.142 e. The van der Waals surface area contributed by atoms with E-state index in [-0.39, 0.29) is 5.56 Å². The summed E-state index contributed by atoms with van der Waals surface area (Å²) in [4.78, 5) is 0. The summed E-state index contributed by atoms with van der Waals surface area (Å²) in [5.74, 6) is 9.05. The molecule has 0 N–H and O–H groups in total. The van der Waals surface area contributed by atoms with Crippen molar-refractivity contribution >= 4 is 0 Å². The summed E-state index contributed by atoms with van der Waals surface area (Å²) in [7, 11) is 0. The van der Waals surface area contributed by atoms with Gasteiger partial charge in [0, 0.05) is 5.56 Å². The lowest BCUT2D eigenvalue weighted by molar-refractivity contribution is 0.152. The van der Waals surface area contributed by atoms with Gasteiger partial charge in [-0.25, -0.2) is 4.39 Å². The quantitative estimate of drug-likeness (QED) is 0.517. The number of halogens is 1. The second-order valence-corrected chi connectivity index (χ2v) is 8.68.